The Morgan fingerprint density at radius 2 is 1.61 bits per heavy atom. The van der Waals surface area contributed by atoms with Crippen LogP contribution in [-0.4, -0.2) is 135 Å². The van der Waals surface area contributed by atoms with Gasteiger partial charge >= 0.3 is 0 Å². The van der Waals surface area contributed by atoms with Crippen LogP contribution in [0.3, 0.4) is 0 Å². The van der Waals surface area contributed by atoms with E-state index in [9.17, 15) is 55.9 Å². The van der Waals surface area contributed by atoms with Crippen LogP contribution in [0.4, 0.5) is 0 Å². The third-order valence-corrected chi connectivity index (χ3v) is 12.8. The highest BCUT2D eigenvalue weighted by Gasteiger charge is 2.72. The van der Waals surface area contributed by atoms with Crippen LogP contribution in [0, 0.1) is 22.7 Å². The Kier molecular flexibility index (Phi) is 9.27. The summed E-state index contributed by atoms with van der Waals surface area (Å²) in [6.45, 7) is 7.73. The Morgan fingerprint density at radius 1 is 0.957 bits per heavy atom. The summed E-state index contributed by atoms with van der Waals surface area (Å²) in [6.07, 6.45) is -8.80. The maximum absolute atomic E-state index is 13.8. The number of carbonyl (C=O) groups excluding carboxylic acids is 1. The number of hydrogen-bond acceptors (Lipinski definition) is 13. The molecule has 0 unspecified atom stereocenters. The second kappa shape index (κ2) is 11.8. The largest absolute Gasteiger partial charge is 0.394 e. The average molecular weight is 659 g/mol. The molecule has 1 aliphatic heterocycles. The number of rotatable bonds is 8. The summed E-state index contributed by atoms with van der Waals surface area (Å²) >= 11 is 0. The SMILES string of the molecule is CC(C)(O)CC[C@@H](O)[C@](C)(O)[C@H]1CC[C@@]2(O)C3=CC(=O)[C@]4(O)C[C@@H](O)[C@@H](O[C@@H]5O[C@H](CO)[C@@H](O)[C@H](O)[C@H]5O)C[C@]4(C)[C@H]3CC[C@]12C. The van der Waals surface area contributed by atoms with Crippen molar-refractivity contribution in [2.45, 2.75) is 157 Å². The Balaban J connectivity index is 1.43. The number of hydrogen-bond donors (Lipinski definition) is 10. The smallest absolute Gasteiger partial charge is 0.187 e. The van der Waals surface area contributed by atoms with Gasteiger partial charge in [0.1, 0.15) is 30.0 Å². The average Bonchev–Trinajstić information content (AvgIpc) is 3.25. The number of aliphatic hydroxyl groups excluding tert-OH is 6. The molecule has 0 radical (unpaired) electrons. The standard InChI is InChI=1S/C33H54O13/c1-28(2,41)9-8-22(36)31(5,42)21-7-11-32(43)17-12-23(37)33(44)13-18(35)19(14-30(33,4)16(17)6-10-29(21,32)3)45-27-26(40)25(39)24(38)20(15-34)46-27/h12,16,18-22,24-27,34-36,38-44H,6-11,13-15H2,1-5H3/t16-,18+,19-,20+,21-,22+,24+,25-,26+,27+,29+,30+,31+,32+,33+/m0/s1. The summed E-state index contributed by atoms with van der Waals surface area (Å²) in [6, 6.07) is 0. The minimum Gasteiger partial charge on any atom is -0.394 e. The van der Waals surface area contributed by atoms with Crippen molar-refractivity contribution in [2.24, 2.45) is 22.7 Å². The van der Waals surface area contributed by atoms with Gasteiger partial charge in [-0.05, 0) is 89.2 Å². The molecule has 13 nitrogen and oxygen atoms in total. The lowest BCUT2D eigenvalue weighted by atomic mass is 9.44. The van der Waals surface area contributed by atoms with Crippen molar-refractivity contribution in [3.8, 4) is 0 Å². The van der Waals surface area contributed by atoms with E-state index in [1.165, 1.54) is 6.08 Å². The van der Waals surface area contributed by atoms with Crippen LogP contribution in [0.5, 0.6) is 0 Å². The minimum atomic E-state index is -2.00. The van der Waals surface area contributed by atoms with Gasteiger partial charge in [-0.3, -0.25) is 4.79 Å². The molecule has 3 saturated carbocycles. The fraction of sp³-hybridized carbons (Fsp3) is 0.909. The first-order valence-electron chi connectivity index (χ1n) is 16.6. The van der Waals surface area contributed by atoms with E-state index in [4.69, 9.17) is 9.47 Å². The van der Waals surface area contributed by atoms with Crippen molar-refractivity contribution in [3.05, 3.63) is 11.6 Å². The molecule has 0 aromatic carbocycles. The van der Waals surface area contributed by atoms with Gasteiger partial charge in [-0.1, -0.05) is 13.8 Å². The first kappa shape index (κ1) is 36.2. The van der Waals surface area contributed by atoms with Gasteiger partial charge in [-0.2, -0.15) is 0 Å². The molecule has 1 heterocycles. The Bertz CT molecular complexity index is 1200. The number of ketones is 1. The highest BCUT2D eigenvalue weighted by atomic mass is 16.7. The summed E-state index contributed by atoms with van der Waals surface area (Å²) in [5.41, 5.74) is -7.96. The van der Waals surface area contributed by atoms with Crippen molar-refractivity contribution < 1.29 is 65.3 Å². The van der Waals surface area contributed by atoms with E-state index in [2.05, 4.69) is 0 Å². The number of ether oxygens (including phenoxy) is 2. The first-order chi connectivity index (χ1) is 21.1. The third-order valence-electron chi connectivity index (χ3n) is 12.8. The van der Waals surface area contributed by atoms with E-state index < -0.39 is 113 Å². The zero-order valence-electron chi connectivity index (χ0n) is 27.4. The molecule has 264 valence electrons. The van der Waals surface area contributed by atoms with E-state index in [0.717, 1.165) is 0 Å². The first-order valence-corrected chi connectivity index (χ1v) is 16.6. The van der Waals surface area contributed by atoms with Crippen molar-refractivity contribution in [2.75, 3.05) is 6.61 Å². The van der Waals surface area contributed by atoms with Crippen LogP contribution in [0.2, 0.25) is 0 Å². The Labute approximate surface area is 269 Å². The molecule has 1 saturated heterocycles. The summed E-state index contributed by atoms with van der Waals surface area (Å²) in [7, 11) is 0. The second-order valence-electron chi connectivity index (χ2n) is 16.1. The van der Waals surface area contributed by atoms with Crippen LogP contribution in [0.15, 0.2) is 11.6 Å². The highest BCUT2D eigenvalue weighted by molar-refractivity contribution is 6.00. The van der Waals surface area contributed by atoms with Crippen molar-refractivity contribution in [1.82, 2.24) is 0 Å². The molecule has 0 bridgehead atoms. The minimum absolute atomic E-state index is 0.0863. The van der Waals surface area contributed by atoms with E-state index >= 15 is 0 Å². The van der Waals surface area contributed by atoms with Gasteiger partial charge < -0.3 is 60.5 Å². The van der Waals surface area contributed by atoms with E-state index in [0.29, 0.717) is 24.8 Å². The normalized spacial score (nSPS) is 49.8. The molecule has 0 amide bonds. The molecule has 5 aliphatic rings. The van der Waals surface area contributed by atoms with E-state index in [-0.39, 0.29) is 25.7 Å². The topological polar surface area (TPSA) is 238 Å². The molecular formula is C33H54O13. The molecule has 5 rings (SSSR count). The molecule has 0 spiro atoms. The number of fused-ring (bicyclic) bond motifs is 5. The molecule has 0 aromatic rings. The third kappa shape index (κ3) is 5.34. The molecule has 4 fully saturated rings. The summed E-state index contributed by atoms with van der Waals surface area (Å²) in [5, 5.41) is 109. The molecule has 10 N–H and O–H groups in total. The number of aliphatic hydroxyl groups is 10. The predicted octanol–water partition coefficient (Wildman–Crippen LogP) is -1.21. The quantitative estimate of drug-likeness (QED) is 0.148. The molecule has 4 aliphatic carbocycles. The lowest BCUT2D eigenvalue weighted by molar-refractivity contribution is -0.327. The van der Waals surface area contributed by atoms with E-state index in [1.54, 1.807) is 27.7 Å². The van der Waals surface area contributed by atoms with Crippen molar-refractivity contribution in [3.63, 3.8) is 0 Å². The van der Waals surface area contributed by atoms with Gasteiger partial charge in [0, 0.05) is 17.3 Å². The summed E-state index contributed by atoms with van der Waals surface area (Å²) < 4.78 is 11.5. The summed E-state index contributed by atoms with van der Waals surface area (Å²) in [4.78, 5) is 13.8. The lowest BCUT2D eigenvalue weighted by Crippen LogP contribution is -2.70. The fourth-order valence-corrected chi connectivity index (χ4v) is 9.78. The molecule has 0 aromatic heterocycles. The van der Waals surface area contributed by atoms with Crippen LogP contribution >= 0.6 is 0 Å². The zero-order valence-corrected chi connectivity index (χ0v) is 27.4. The second-order valence-corrected chi connectivity index (χ2v) is 16.1. The zero-order chi connectivity index (χ0) is 34.4. The van der Waals surface area contributed by atoms with E-state index in [1.807, 2.05) is 6.92 Å². The molecule has 46 heavy (non-hydrogen) atoms. The van der Waals surface area contributed by atoms with Gasteiger partial charge in [0.2, 0.25) is 0 Å². The van der Waals surface area contributed by atoms with Gasteiger partial charge in [0.15, 0.2) is 12.1 Å². The number of carbonyl (C=O) groups is 1. The lowest BCUT2D eigenvalue weighted by Gasteiger charge is -2.63. The maximum atomic E-state index is 13.8. The predicted molar refractivity (Wildman–Crippen MR) is 161 cm³/mol. The van der Waals surface area contributed by atoms with Gasteiger partial charge in [0.05, 0.1) is 41.7 Å². The van der Waals surface area contributed by atoms with Gasteiger partial charge in [-0.25, -0.2) is 0 Å². The van der Waals surface area contributed by atoms with Crippen molar-refractivity contribution in [1.29, 1.82) is 0 Å². The van der Waals surface area contributed by atoms with Gasteiger partial charge in [0.25, 0.3) is 0 Å². The Morgan fingerprint density at radius 3 is 2.22 bits per heavy atom. The van der Waals surface area contributed by atoms with Crippen LogP contribution in [0.1, 0.15) is 86.0 Å². The highest BCUT2D eigenvalue weighted by Crippen LogP contribution is 2.69. The monoisotopic (exact) mass is 658 g/mol. The fourth-order valence-electron chi connectivity index (χ4n) is 9.78. The van der Waals surface area contributed by atoms with Crippen LogP contribution in [0.25, 0.3) is 0 Å². The molecule has 15 atom stereocenters. The van der Waals surface area contributed by atoms with Crippen LogP contribution < -0.4 is 0 Å². The molecule has 13 heteroatoms. The summed E-state index contributed by atoms with van der Waals surface area (Å²) in [5.74, 6) is -1.75. The molecular weight excluding hydrogens is 604 g/mol. The van der Waals surface area contributed by atoms with Gasteiger partial charge in [-0.15, -0.1) is 0 Å². The maximum Gasteiger partial charge on any atom is 0.187 e. The van der Waals surface area contributed by atoms with Crippen LogP contribution in [-0.2, 0) is 14.3 Å². The van der Waals surface area contributed by atoms with Crippen molar-refractivity contribution >= 4 is 5.78 Å². The Hall–Kier alpha value is -1.07.